The molecule has 1 aromatic heterocycles. The van der Waals surface area contributed by atoms with E-state index in [1.54, 1.807) is 20.8 Å². The van der Waals surface area contributed by atoms with E-state index in [1.165, 1.54) is 13.2 Å². The number of anilines is 1. The van der Waals surface area contributed by atoms with Crippen LogP contribution in [0.4, 0.5) is 10.7 Å². The highest BCUT2D eigenvalue weighted by Crippen LogP contribution is 2.16. The molecular weight excluding hydrogens is 246 g/mol. The van der Waals surface area contributed by atoms with Gasteiger partial charge in [0.05, 0.1) is 7.11 Å². The summed E-state index contributed by atoms with van der Waals surface area (Å²) in [5.74, 6) is 0.291. The van der Waals surface area contributed by atoms with Crippen LogP contribution in [-0.4, -0.2) is 28.8 Å². The lowest BCUT2D eigenvalue weighted by Crippen LogP contribution is -2.27. The smallest absolute Gasteiger partial charge is 0.414 e. The number of amides is 1. The molecule has 1 N–H and O–H groups in total. The lowest BCUT2D eigenvalue weighted by atomic mass is 10.2. The number of carbonyl (C=O) groups is 1. The van der Waals surface area contributed by atoms with Crippen LogP contribution in [0, 0.1) is 0 Å². The number of hydrogen-bond acceptors (Lipinski definition) is 5. The maximum Gasteiger partial charge on any atom is 0.414 e. The predicted octanol–water partition coefficient (Wildman–Crippen LogP) is 2.49. The summed E-state index contributed by atoms with van der Waals surface area (Å²) in [5, 5.41) is 2.54. The summed E-state index contributed by atoms with van der Waals surface area (Å²) in [6, 6.07) is 1.43. The molecule has 6 nitrogen and oxygen atoms in total. The fourth-order valence-electron chi connectivity index (χ4n) is 0.952. The third-order valence-corrected chi connectivity index (χ3v) is 1.69. The number of methoxy groups -OCH3 is 1. The third kappa shape index (κ3) is 4.86. The summed E-state index contributed by atoms with van der Waals surface area (Å²) in [6.07, 6.45) is -0.651. The molecule has 0 fully saturated rings. The zero-order valence-corrected chi connectivity index (χ0v) is 10.8. The van der Waals surface area contributed by atoms with Gasteiger partial charge in [-0.05, 0) is 20.8 Å². The van der Waals surface area contributed by atoms with Crippen molar-refractivity contribution in [3.05, 3.63) is 11.2 Å². The van der Waals surface area contributed by atoms with Crippen molar-refractivity contribution >= 4 is 23.6 Å². The minimum atomic E-state index is -0.651. The second-order valence-corrected chi connectivity index (χ2v) is 4.57. The average Bonchev–Trinajstić information content (AvgIpc) is 2.13. The highest BCUT2D eigenvalue weighted by Gasteiger charge is 2.17. The highest BCUT2D eigenvalue weighted by atomic mass is 35.5. The van der Waals surface area contributed by atoms with E-state index in [0.29, 0.717) is 0 Å². The van der Waals surface area contributed by atoms with Crippen LogP contribution in [0.3, 0.4) is 0 Å². The Morgan fingerprint density at radius 2 is 2.06 bits per heavy atom. The second kappa shape index (κ2) is 5.18. The van der Waals surface area contributed by atoms with Crippen LogP contribution >= 0.6 is 11.6 Å². The first-order chi connectivity index (χ1) is 7.80. The van der Waals surface area contributed by atoms with Crippen molar-refractivity contribution in [3.8, 4) is 5.88 Å². The number of rotatable bonds is 2. The van der Waals surface area contributed by atoms with E-state index >= 15 is 0 Å². The molecule has 0 spiro atoms. The molecule has 0 saturated carbocycles. The van der Waals surface area contributed by atoms with Crippen LogP contribution in [0.5, 0.6) is 5.88 Å². The van der Waals surface area contributed by atoms with Gasteiger partial charge >= 0.3 is 6.09 Å². The number of halogens is 1. The maximum absolute atomic E-state index is 11.4. The quantitative estimate of drug-likeness (QED) is 0.826. The Balaban J connectivity index is 2.74. The second-order valence-electron chi connectivity index (χ2n) is 4.18. The van der Waals surface area contributed by atoms with Crippen molar-refractivity contribution in [2.24, 2.45) is 0 Å². The summed E-state index contributed by atoms with van der Waals surface area (Å²) in [4.78, 5) is 19.1. The fraction of sp³-hybridized carbons (Fsp3) is 0.500. The predicted molar refractivity (Wildman–Crippen MR) is 63.5 cm³/mol. The van der Waals surface area contributed by atoms with Gasteiger partial charge in [-0.1, -0.05) is 11.6 Å². The molecule has 1 heterocycles. The lowest BCUT2D eigenvalue weighted by Gasteiger charge is -2.19. The Morgan fingerprint density at radius 1 is 1.41 bits per heavy atom. The number of nitrogens with zero attached hydrogens (tertiary/aromatic N) is 2. The summed E-state index contributed by atoms with van der Waals surface area (Å²) >= 11 is 5.72. The largest absolute Gasteiger partial charge is 0.481 e. The van der Waals surface area contributed by atoms with E-state index < -0.39 is 11.7 Å². The lowest BCUT2D eigenvalue weighted by molar-refractivity contribution is 0.0634. The first-order valence-corrected chi connectivity index (χ1v) is 5.26. The minimum absolute atomic E-state index is 0.0311. The molecule has 1 rings (SSSR count). The van der Waals surface area contributed by atoms with Crippen LogP contribution in [-0.2, 0) is 4.74 Å². The molecule has 0 aliphatic rings. The highest BCUT2D eigenvalue weighted by molar-refractivity contribution is 6.29. The molecule has 7 heteroatoms. The van der Waals surface area contributed by atoms with Gasteiger partial charge in [-0.3, -0.25) is 5.32 Å². The molecule has 0 aliphatic carbocycles. The van der Waals surface area contributed by atoms with E-state index in [2.05, 4.69) is 15.3 Å². The first kappa shape index (κ1) is 13.5. The Morgan fingerprint density at radius 3 is 2.59 bits per heavy atom. The van der Waals surface area contributed by atoms with E-state index in [4.69, 9.17) is 21.1 Å². The van der Waals surface area contributed by atoms with Crippen molar-refractivity contribution in [1.29, 1.82) is 0 Å². The van der Waals surface area contributed by atoms with Crippen molar-refractivity contribution in [1.82, 2.24) is 9.97 Å². The van der Waals surface area contributed by atoms with Gasteiger partial charge in [0.15, 0.2) is 0 Å². The van der Waals surface area contributed by atoms with Crippen LogP contribution in [0.15, 0.2) is 6.07 Å². The van der Waals surface area contributed by atoms with E-state index in [-0.39, 0.29) is 17.0 Å². The Labute approximate surface area is 104 Å². The molecular formula is C10H14ClN3O3. The zero-order chi connectivity index (χ0) is 13.1. The molecule has 0 atom stereocenters. The number of nitrogens with one attached hydrogen (secondary N) is 1. The van der Waals surface area contributed by atoms with E-state index in [0.717, 1.165) is 0 Å². The Kier molecular flexibility index (Phi) is 4.11. The molecule has 94 valence electrons. The molecule has 0 unspecified atom stereocenters. The van der Waals surface area contributed by atoms with Crippen molar-refractivity contribution < 1.29 is 14.3 Å². The standard InChI is InChI=1S/C10H14ClN3O3/c1-10(2,3)17-9(15)14-8-12-6(11)5-7(13-8)16-4/h5H,1-4H3,(H,12,13,14,15). The van der Waals surface area contributed by atoms with E-state index in [1.807, 2.05) is 0 Å². The van der Waals surface area contributed by atoms with Crippen LogP contribution in [0.2, 0.25) is 5.15 Å². The van der Waals surface area contributed by atoms with Gasteiger partial charge in [-0.2, -0.15) is 4.98 Å². The summed E-state index contributed by atoms with van der Waals surface area (Å²) in [5.41, 5.74) is -0.591. The van der Waals surface area contributed by atoms with Gasteiger partial charge in [0.25, 0.3) is 0 Å². The SMILES string of the molecule is COc1cc(Cl)nc(NC(=O)OC(C)(C)C)n1. The summed E-state index contributed by atoms with van der Waals surface area (Å²) in [6.45, 7) is 5.27. The average molecular weight is 260 g/mol. The van der Waals surface area contributed by atoms with Gasteiger partial charge < -0.3 is 9.47 Å². The van der Waals surface area contributed by atoms with Crippen molar-refractivity contribution in [2.45, 2.75) is 26.4 Å². The van der Waals surface area contributed by atoms with Gasteiger partial charge in [0, 0.05) is 6.07 Å². The molecule has 1 aromatic rings. The van der Waals surface area contributed by atoms with Crippen LogP contribution in [0.1, 0.15) is 20.8 Å². The Hall–Kier alpha value is -1.56. The topological polar surface area (TPSA) is 73.3 Å². The van der Waals surface area contributed by atoms with Crippen molar-refractivity contribution in [2.75, 3.05) is 12.4 Å². The molecule has 0 saturated heterocycles. The molecule has 0 bridgehead atoms. The van der Waals surface area contributed by atoms with Gasteiger partial charge in [0.2, 0.25) is 11.8 Å². The van der Waals surface area contributed by atoms with Crippen molar-refractivity contribution in [3.63, 3.8) is 0 Å². The number of aromatic nitrogens is 2. The summed E-state index contributed by atoms with van der Waals surface area (Å²) in [7, 11) is 1.44. The van der Waals surface area contributed by atoms with Crippen LogP contribution in [0.25, 0.3) is 0 Å². The monoisotopic (exact) mass is 259 g/mol. The van der Waals surface area contributed by atoms with E-state index in [9.17, 15) is 4.79 Å². The van der Waals surface area contributed by atoms with Gasteiger partial charge in [-0.15, -0.1) is 0 Å². The molecule has 0 aliphatic heterocycles. The molecule has 0 aromatic carbocycles. The summed E-state index contributed by atoms with van der Waals surface area (Å²) < 4.78 is 9.93. The van der Waals surface area contributed by atoms with Crippen LogP contribution < -0.4 is 10.1 Å². The number of hydrogen-bond donors (Lipinski definition) is 1. The maximum atomic E-state index is 11.4. The minimum Gasteiger partial charge on any atom is -0.481 e. The van der Waals surface area contributed by atoms with Gasteiger partial charge in [0.1, 0.15) is 10.8 Å². The first-order valence-electron chi connectivity index (χ1n) is 4.89. The Bertz CT molecular complexity index is 418. The number of carbonyl (C=O) groups excluding carboxylic acids is 1. The number of ether oxygens (including phenoxy) is 2. The normalized spacial score (nSPS) is 10.9. The third-order valence-electron chi connectivity index (χ3n) is 1.49. The molecule has 17 heavy (non-hydrogen) atoms. The van der Waals surface area contributed by atoms with Gasteiger partial charge in [-0.25, -0.2) is 9.78 Å². The molecule has 1 amide bonds. The fourth-order valence-corrected chi connectivity index (χ4v) is 1.13. The zero-order valence-electron chi connectivity index (χ0n) is 10.1. The molecule has 0 radical (unpaired) electrons.